The molecule has 1 heterocycles. The van der Waals surface area contributed by atoms with Crippen molar-refractivity contribution in [1.82, 2.24) is 5.32 Å². The molecule has 0 aromatic heterocycles. The Hall–Kier alpha value is -1.42. The third-order valence-corrected chi connectivity index (χ3v) is 4.54. The number of methoxy groups -OCH3 is 1. The average Bonchev–Trinajstić information content (AvgIpc) is 2.88. The molecule has 0 radical (unpaired) electrons. The topological polar surface area (TPSA) is 59.6 Å². The number of hydrogen-bond donors (Lipinski definition) is 2. The number of aliphatic imine (C=N–C) groups is 1. The standard InChI is InChI=1S/C14H18ClN3O/c1-7-9(6-11-13(7)18-14(16)17-11)10-5-8(15)3-4-12(10)19-2/h3-5,7,9,11,13H,6H2,1-2H3,(H3,16,17,18)/t7-,9-,11?,13?/m0/s1. The molecule has 1 fully saturated rings. The normalized spacial score (nSPS) is 32.7. The van der Waals surface area contributed by atoms with Crippen molar-refractivity contribution in [3.8, 4) is 5.75 Å². The van der Waals surface area contributed by atoms with Gasteiger partial charge < -0.3 is 15.8 Å². The number of hydrogen-bond acceptors (Lipinski definition) is 4. The van der Waals surface area contributed by atoms with Crippen LogP contribution in [0.15, 0.2) is 23.2 Å². The summed E-state index contributed by atoms with van der Waals surface area (Å²) in [5, 5.41) is 4.00. The zero-order valence-electron chi connectivity index (χ0n) is 11.1. The van der Waals surface area contributed by atoms with Crippen LogP contribution in [0.1, 0.15) is 24.8 Å². The van der Waals surface area contributed by atoms with E-state index in [1.54, 1.807) is 7.11 Å². The van der Waals surface area contributed by atoms with E-state index in [1.807, 2.05) is 18.2 Å². The highest BCUT2D eigenvalue weighted by Crippen LogP contribution is 2.46. The molecular formula is C14H18ClN3O. The van der Waals surface area contributed by atoms with E-state index < -0.39 is 0 Å². The molecule has 0 amide bonds. The van der Waals surface area contributed by atoms with Gasteiger partial charge in [-0.05, 0) is 42.0 Å². The third-order valence-electron chi connectivity index (χ3n) is 4.31. The molecule has 0 saturated heterocycles. The molecule has 1 aliphatic carbocycles. The zero-order valence-corrected chi connectivity index (χ0v) is 11.8. The molecule has 3 rings (SSSR count). The van der Waals surface area contributed by atoms with Crippen molar-refractivity contribution >= 4 is 17.6 Å². The summed E-state index contributed by atoms with van der Waals surface area (Å²) in [6.45, 7) is 2.22. The first-order valence-corrected chi connectivity index (χ1v) is 6.91. The van der Waals surface area contributed by atoms with Crippen LogP contribution in [0, 0.1) is 5.92 Å². The van der Waals surface area contributed by atoms with Gasteiger partial charge in [-0.1, -0.05) is 18.5 Å². The first-order chi connectivity index (χ1) is 9.10. The predicted molar refractivity (Wildman–Crippen MR) is 76.9 cm³/mol. The summed E-state index contributed by atoms with van der Waals surface area (Å²) < 4.78 is 5.46. The molecule has 5 heteroatoms. The van der Waals surface area contributed by atoms with Gasteiger partial charge in [0.05, 0.1) is 19.2 Å². The molecule has 0 bridgehead atoms. The molecule has 2 aliphatic rings. The molecule has 4 nitrogen and oxygen atoms in total. The molecule has 1 aromatic rings. The van der Waals surface area contributed by atoms with E-state index >= 15 is 0 Å². The van der Waals surface area contributed by atoms with Gasteiger partial charge in [-0.15, -0.1) is 0 Å². The summed E-state index contributed by atoms with van der Waals surface area (Å²) in [5.41, 5.74) is 6.92. The second kappa shape index (κ2) is 4.60. The van der Waals surface area contributed by atoms with Crippen LogP contribution in [0.2, 0.25) is 5.02 Å². The maximum Gasteiger partial charge on any atom is 0.189 e. The Morgan fingerprint density at radius 2 is 2.26 bits per heavy atom. The summed E-state index contributed by atoms with van der Waals surface area (Å²) in [6.07, 6.45) is 1.01. The van der Waals surface area contributed by atoms with E-state index in [1.165, 1.54) is 5.56 Å². The number of fused-ring (bicyclic) bond motifs is 1. The quantitative estimate of drug-likeness (QED) is 0.872. The zero-order chi connectivity index (χ0) is 13.6. The van der Waals surface area contributed by atoms with E-state index in [-0.39, 0.29) is 6.04 Å². The Bertz CT molecular complexity index is 531. The van der Waals surface area contributed by atoms with Crippen molar-refractivity contribution in [2.45, 2.75) is 31.3 Å². The van der Waals surface area contributed by atoms with Crippen LogP contribution in [-0.2, 0) is 0 Å². The highest BCUT2D eigenvalue weighted by Gasteiger charge is 2.45. The van der Waals surface area contributed by atoms with Crippen molar-refractivity contribution in [3.05, 3.63) is 28.8 Å². The fourth-order valence-corrected chi connectivity index (χ4v) is 3.56. The molecule has 1 aromatic carbocycles. The van der Waals surface area contributed by atoms with E-state index in [9.17, 15) is 0 Å². The van der Waals surface area contributed by atoms with Gasteiger partial charge in [0.15, 0.2) is 5.96 Å². The molecular weight excluding hydrogens is 262 g/mol. The average molecular weight is 280 g/mol. The minimum atomic E-state index is 0.258. The largest absolute Gasteiger partial charge is 0.496 e. The van der Waals surface area contributed by atoms with Crippen molar-refractivity contribution in [2.75, 3.05) is 7.11 Å². The highest BCUT2D eigenvalue weighted by molar-refractivity contribution is 6.30. The van der Waals surface area contributed by atoms with Crippen molar-refractivity contribution in [2.24, 2.45) is 16.6 Å². The van der Waals surface area contributed by atoms with E-state index in [4.69, 9.17) is 22.1 Å². The number of halogens is 1. The number of rotatable bonds is 2. The highest BCUT2D eigenvalue weighted by atomic mass is 35.5. The van der Waals surface area contributed by atoms with Gasteiger partial charge >= 0.3 is 0 Å². The fraction of sp³-hybridized carbons (Fsp3) is 0.500. The lowest BCUT2D eigenvalue weighted by Gasteiger charge is -2.20. The van der Waals surface area contributed by atoms with Crippen LogP contribution in [-0.4, -0.2) is 25.2 Å². The monoisotopic (exact) mass is 279 g/mol. The minimum absolute atomic E-state index is 0.258. The summed E-state index contributed by atoms with van der Waals surface area (Å²) in [5.74, 6) is 2.29. The number of guanidine groups is 1. The Kier molecular flexibility index (Phi) is 3.05. The van der Waals surface area contributed by atoms with Gasteiger partial charge in [0.1, 0.15) is 5.75 Å². The lowest BCUT2D eigenvalue weighted by Crippen LogP contribution is -2.35. The lowest BCUT2D eigenvalue weighted by molar-refractivity contribution is 0.395. The summed E-state index contributed by atoms with van der Waals surface area (Å²) in [6, 6.07) is 6.40. The molecule has 1 saturated carbocycles. The van der Waals surface area contributed by atoms with Gasteiger partial charge in [0, 0.05) is 5.02 Å². The number of nitrogens with two attached hydrogens (primary N) is 1. The van der Waals surface area contributed by atoms with E-state index in [2.05, 4.69) is 17.2 Å². The smallest absolute Gasteiger partial charge is 0.189 e. The number of nitrogens with one attached hydrogen (secondary N) is 1. The first kappa shape index (κ1) is 12.6. The molecule has 102 valence electrons. The Balaban J connectivity index is 1.94. The number of benzene rings is 1. The molecule has 0 spiro atoms. The van der Waals surface area contributed by atoms with E-state index in [0.29, 0.717) is 23.8 Å². The lowest BCUT2D eigenvalue weighted by atomic mass is 9.88. The van der Waals surface area contributed by atoms with Crippen LogP contribution in [0.3, 0.4) is 0 Å². The number of ether oxygens (including phenoxy) is 1. The first-order valence-electron chi connectivity index (χ1n) is 6.53. The second-order valence-electron chi connectivity index (χ2n) is 5.34. The van der Waals surface area contributed by atoms with Crippen LogP contribution in [0.25, 0.3) is 0 Å². The van der Waals surface area contributed by atoms with Crippen molar-refractivity contribution in [3.63, 3.8) is 0 Å². The van der Waals surface area contributed by atoms with Gasteiger partial charge in [0.25, 0.3) is 0 Å². The number of nitrogens with zero attached hydrogens (tertiary/aromatic N) is 1. The maximum absolute atomic E-state index is 6.13. The van der Waals surface area contributed by atoms with Crippen LogP contribution >= 0.6 is 11.6 Å². The Morgan fingerprint density at radius 1 is 1.47 bits per heavy atom. The Morgan fingerprint density at radius 3 is 2.95 bits per heavy atom. The summed E-state index contributed by atoms with van der Waals surface area (Å²) >= 11 is 6.13. The third kappa shape index (κ3) is 2.04. The van der Waals surface area contributed by atoms with Gasteiger partial charge in [-0.2, -0.15) is 0 Å². The summed E-state index contributed by atoms with van der Waals surface area (Å²) in [7, 11) is 1.70. The van der Waals surface area contributed by atoms with Crippen molar-refractivity contribution < 1.29 is 4.74 Å². The summed E-state index contributed by atoms with van der Waals surface area (Å²) in [4.78, 5) is 4.49. The van der Waals surface area contributed by atoms with Gasteiger partial charge in [-0.3, -0.25) is 0 Å². The second-order valence-corrected chi connectivity index (χ2v) is 5.78. The molecule has 3 N–H and O–H groups in total. The SMILES string of the molecule is COc1ccc(Cl)cc1[C@H]1CC2NC(N)=NC2[C@H]1C. The van der Waals surface area contributed by atoms with Gasteiger partial charge in [0.2, 0.25) is 0 Å². The fourth-order valence-electron chi connectivity index (χ4n) is 3.38. The van der Waals surface area contributed by atoms with E-state index in [0.717, 1.165) is 17.2 Å². The van der Waals surface area contributed by atoms with Crippen molar-refractivity contribution in [1.29, 1.82) is 0 Å². The van der Waals surface area contributed by atoms with Crippen LogP contribution < -0.4 is 15.8 Å². The minimum Gasteiger partial charge on any atom is -0.496 e. The molecule has 4 atom stereocenters. The van der Waals surface area contributed by atoms with Crippen LogP contribution in [0.5, 0.6) is 5.75 Å². The molecule has 19 heavy (non-hydrogen) atoms. The Labute approximate surface area is 118 Å². The predicted octanol–water partition coefficient (Wildman–Crippen LogP) is 2.13. The van der Waals surface area contributed by atoms with Crippen LogP contribution in [0.4, 0.5) is 0 Å². The molecule has 2 unspecified atom stereocenters. The maximum atomic E-state index is 6.13. The van der Waals surface area contributed by atoms with Gasteiger partial charge in [-0.25, -0.2) is 4.99 Å². The molecule has 1 aliphatic heterocycles.